The number of hydrogen-bond acceptors (Lipinski definition) is 3. The van der Waals surface area contributed by atoms with Crippen molar-refractivity contribution in [2.45, 2.75) is 26.2 Å². The van der Waals surface area contributed by atoms with Gasteiger partial charge >= 0.3 is 0 Å². The van der Waals surface area contributed by atoms with Crippen LogP contribution >= 0.6 is 0 Å². The van der Waals surface area contributed by atoms with Gasteiger partial charge in [0.1, 0.15) is 0 Å². The molecule has 0 radical (unpaired) electrons. The normalized spacial score (nSPS) is 17.7. The molecular weight excluding hydrogens is 360 g/mol. The third-order valence-electron chi connectivity index (χ3n) is 5.37. The van der Waals surface area contributed by atoms with Gasteiger partial charge in [0.05, 0.1) is 6.26 Å². The van der Waals surface area contributed by atoms with E-state index in [0.717, 1.165) is 6.42 Å². The van der Waals surface area contributed by atoms with Crippen LogP contribution in [-0.4, -0.2) is 44.5 Å². The molecule has 1 amide bonds. The van der Waals surface area contributed by atoms with Crippen LogP contribution in [0.15, 0.2) is 42.5 Å². The summed E-state index contributed by atoms with van der Waals surface area (Å²) in [7, 11) is -3.15. The summed E-state index contributed by atoms with van der Waals surface area (Å²) in [5, 5.41) is 5.58. The van der Waals surface area contributed by atoms with Gasteiger partial charge in [-0.25, -0.2) is 12.7 Å². The number of amides is 1. The lowest BCUT2D eigenvalue weighted by atomic mass is 9.94. The minimum absolute atomic E-state index is 0.0490. The molecule has 5 nitrogen and oxygen atoms in total. The third kappa shape index (κ3) is 5.08. The van der Waals surface area contributed by atoms with Gasteiger partial charge in [-0.2, -0.15) is 0 Å². The highest BCUT2D eigenvalue weighted by molar-refractivity contribution is 7.88. The standard InChI is InChI=1S/C21H28N2O3S/c1-16(14-19-8-5-7-17-6-3-4-9-20(17)19)15-22-21(24)18-10-12-23(13-11-18)27(2,25)26/h3-9,16,18H,10-15H2,1-2H3,(H,22,24)/t16-/m0/s1. The van der Waals surface area contributed by atoms with E-state index in [1.165, 1.54) is 26.9 Å². The molecule has 1 heterocycles. The van der Waals surface area contributed by atoms with Crippen LogP contribution < -0.4 is 5.32 Å². The monoisotopic (exact) mass is 388 g/mol. The van der Waals surface area contributed by atoms with Crippen LogP contribution in [-0.2, 0) is 21.2 Å². The molecule has 2 aromatic rings. The van der Waals surface area contributed by atoms with E-state index in [2.05, 4.69) is 48.6 Å². The Morgan fingerprint density at radius 1 is 1.15 bits per heavy atom. The molecule has 1 saturated heterocycles. The topological polar surface area (TPSA) is 66.5 Å². The lowest BCUT2D eigenvalue weighted by Crippen LogP contribution is -2.43. The second kappa shape index (κ2) is 8.40. The minimum Gasteiger partial charge on any atom is -0.356 e. The maximum atomic E-state index is 12.4. The lowest BCUT2D eigenvalue weighted by Gasteiger charge is -2.29. The van der Waals surface area contributed by atoms with Crippen LogP contribution in [0.5, 0.6) is 0 Å². The Hall–Kier alpha value is -1.92. The van der Waals surface area contributed by atoms with Crippen molar-refractivity contribution >= 4 is 26.7 Å². The van der Waals surface area contributed by atoms with E-state index >= 15 is 0 Å². The number of nitrogens with one attached hydrogen (secondary N) is 1. The van der Waals surface area contributed by atoms with Gasteiger partial charge in [-0.3, -0.25) is 4.79 Å². The number of nitrogens with zero attached hydrogens (tertiary/aromatic N) is 1. The Morgan fingerprint density at radius 3 is 2.52 bits per heavy atom. The fourth-order valence-corrected chi connectivity index (χ4v) is 4.66. The fourth-order valence-electron chi connectivity index (χ4n) is 3.79. The summed E-state index contributed by atoms with van der Waals surface area (Å²) in [6.45, 7) is 3.65. The number of carbonyl (C=O) groups is 1. The van der Waals surface area contributed by atoms with Gasteiger partial charge in [0.25, 0.3) is 0 Å². The highest BCUT2D eigenvalue weighted by Gasteiger charge is 2.28. The first-order valence-electron chi connectivity index (χ1n) is 9.54. The number of carbonyl (C=O) groups excluding carboxylic acids is 1. The maximum Gasteiger partial charge on any atom is 0.223 e. The number of rotatable bonds is 6. The van der Waals surface area contributed by atoms with E-state index in [9.17, 15) is 13.2 Å². The molecule has 1 atom stereocenters. The molecule has 1 aliphatic heterocycles. The van der Waals surface area contributed by atoms with Gasteiger partial charge in [-0.1, -0.05) is 49.4 Å². The van der Waals surface area contributed by atoms with Crippen molar-refractivity contribution in [1.29, 1.82) is 0 Å². The molecule has 1 N–H and O–H groups in total. The average molecular weight is 389 g/mol. The molecule has 0 aliphatic carbocycles. The molecule has 3 rings (SSSR count). The summed E-state index contributed by atoms with van der Waals surface area (Å²) >= 11 is 0. The molecule has 0 aromatic heterocycles. The van der Waals surface area contributed by atoms with Crippen molar-refractivity contribution in [2.75, 3.05) is 25.9 Å². The molecule has 0 bridgehead atoms. The van der Waals surface area contributed by atoms with Gasteiger partial charge in [-0.05, 0) is 41.5 Å². The zero-order valence-corrected chi connectivity index (χ0v) is 16.8. The van der Waals surface area contributed by atoms with Crippen molar-refractivity contribution < 1.29 is 13.2 Å². The van der Waals surface area contributed by atoms with Gasteiger partial charge in [0.2, 0.25) is 15.9 Å². The number of piperidine rings is 1. The SMILES string of the molecule is C[C@H](CNC(=O)C1CCN(S(C)(=O)=O)CC1)Cc1cccc2ccccc12. The maximum absolute atomic E-state index is 12.4. The van der Waals surface area contributed by atoms with E-state index in [1.807, 2.05) is 6.07 Å². The Balaban J connectivity index is 1.50. The quantitative estimate of drug-likeness (QED) is 0.827. The number of fused-ring (bicyclic) bond motifs is 1. The van der Waals surface area contributed by atoms with E-state index in [0.29, 0.717) is 38.4 Å². The molecule has 6 heteroatoms. The highest BCUT2D eigenvalue weighted by Crippen LogP contribution is 2.22. The van der Waals surface area contributed by atoms with Crippen molar-refractivity contribution in [2.24, 2.45) is 11.8 Å². The number of sulfonamides is 1. The summed E-state index contributed by atoms with van der Waals surface area (Å²) in [5.41, 5.74) is 1.30. The number of benzene rings is 2. The summed E-state index contributed by atoms with van der Waals surface area (Å²) in [5.74, 6) is 0.288. The zero-order valence-electron chi connectivity index (χ0n) is 16.0. The van der Waals surface area contributed by atoms with Crippen molar-refractivity contribution in [1.82, 2.24) is 9.62 Å². The van der Waals surface area contributed by atoms with Crippen molar-refractivity contribution in [3.63, 3.8) is 0 Å². The van der Waals surface area contributed by atoms with Crippen LogP contribution in [0.4, 0.5) is 0 Å². The summed E-state index contributed by atoms with van der Waals surface area (Å²) in [6.07, 6.45) is 3.32. The first-order valence-corrected chi connectivity index (χ1v) is 11.4. The first kappa shape index (κ1) is 19.8. The summed E-state index contributed by atoms with van der Waals surface area (Å²) < 4.78 is 24.6. The van der Waals surface area contributed by atoms with E-state index < -0.39 is 10.0 Å². The van der Waals surface area contributed by atoms with Gasteiger partial charge in [-0.15, -0.1) is 0 Å². The predicted molar refractivity (Wildman–Crippen MR) is 109 cm³/mol. The second-order valence-electron chi connectivity index (χ2n) is 7.63. The molecule has 27 heavy (non-hydrogen) atoms. The summed E-state index contributed by atoms with van der Waals surface area (Å²) in [6, 6.07) is 14.7. The molecule has 2 aromatic carbocycles. The van der Waals surface area contributed by atoms with Crippen LogP contribution in [0.2, 0.25) is 0 Å². The van der Waals surface area contributed by atoms with E-state index in [4.69, 9.17) is 0 Å². The number of hydrogen-bond donors (Lipinski definition) is 1. The van der Waals surface area contributed by atoms with E-state index in [1.54, 1.807) is 0 Å². The van der Waals surface area contributed by atoms with Crippen LogP contribution in [0.1, 0.15) is 25.3 Å². The minimum atomic E-state index is -3.15. The summed E-state index contributed by atoms with van der Waals surface area (Å²) in [4.78, 5) is 12.4. The zero-order chi connectivity index (χ0) is 19.4. The Labute approximate surface area is 161 Å². The molecular formula is C21H28N2O3S. The second-order valence-corrected chi connectivity index (χ2v) is 9.61. The van der Waals surface area contributed by atoms with E-state index in [-0.39, 0.29) is 11.8 Å². The smallest absolute Gasteiger partial charge is 0.223 e. The van der Waals surface area contributed by atoms with Gasteiger partial charge in [0.15, 0.2) is 0 Å². The van der Waals surface area contributed by atoms with Crippen LogP contribution in [0.25, 0.3) is 10.8 Å². The van der Waals surface area contributed by atoms with Crippen molar-refractivity contribution in [3.05, 3.63) is 48.0 Å². The third-order valence-corrected chi connectivity index (χ3v) is 6.67. The molecule has 0 saturated carbocycles. The average Bonchev–Trinajstić information content (AvgIpc) is 2.66. The molecule has 0 unspecified atom stereocenters. The van der Waals surface area contributed by atoms with Gasteiger partial charge < -0.3 is 5.32 Å². The molecule has 1 aliphatic rings. The molecule has 146 valence electrons. The molecule has 0 spiro atoms. The largest absolute Gasteiger partial charge is 0.356 e. The predicted octanol–water partition coefficient (Wildman–Crippen LogP) is 2.81. The van der Waals surface area contributed by atoms with Crippen LogP contribution in [0.3, 0.4) is 0 Å². The fraction of sp³-hybridized carbons (Fsp3) is 0.476. The Kier molecular flexibility index (Phi) is 6.17. The Bertz CT molecular complexity index is 897. The Morgan fingerprint density at radius 2 is 1.81 bits per heavy atom. The van der Waals surface area contributed by atoms with Crippen LogP contribution in [0, 0.1) is 11.8 Å². The highest BCUT2D eigenvalue weighted by atomic mass is 32.2. The first-order chi connectivity index (χ1) is 12.8. The lowest BCUT2D eigenvalue weighted by molar-refractivity contribution is -0.126. The van der Waals surface area contributed by atoms with Gasteiger partial charge in [0, 0.05) is 25.6 Å². The van der Waals surface area contributed by atoms with Crippen molar-refractivity contribution in [3.8, 4) is 0 Å². The molecule has 1 fully saturated rings.